The maximum Gasteiger partial charge on any atom is 0.237 e. The molecular formula is C20H24N6O2S. The molecule has 1 unspecified atom stereocenters. The van der Waals surface area contributed by atoms with E-state index in [1.807, 2.05) is 55.5 Å². The number of carbonyl (C=O) groups is 1. The van der Waals surface area contributed by atoms with Gasteiger partial charge >= 0.3 is 0 Å². The molecule has 1 aromatic carbocycles. The Morgan fingerprint density at radius 3 is 2.62 bits per heavy atom. The number of ether oxygens (including phenoxy) is 1. The number of nitrogens with zero attached hydrogens (tertiary/aromatic N) is 5. The fourth-order valence-corrected chi connectivity index (χ4v) is 4.21. The maximum atomic E-state index is 12.7. The maximum absolute atomic E-state index is 12.7. The summed E-state index contributed by atoms with van der Waals surface area (Å²) < 4.78 is 7.26. The topological polar surface area (TPSA) is 84.7 Å². The van der Waals surface area contributed by atoms with E-state index < -0.39 is 0 Å². The van der Waals surface area contributed by atoms with E-state index in [0.717, 1.165) is 54.8 Å². The number of benzene rings is 1. The van der Waals surface area contributed by atoms with Crippen molar-refractivity contribution in [1.29, 1.82) is 0 Å². The number of anilines is 2. The van der Waals surface area contributed by atoms with Gasteiger partial charge in [0.2, 0.25) is 5.91 Å². The number of thioether (sulfide) groups is 1. The summed E-state index contributed by atoms with van der Waals surface area (Å²) in [5.41, 5.74) is 3.55. The molecule has 3 aromatic rings. The van der Waals surface area contributed by atoms with Crippen molar-refractivity contribution in [1.82, 2.24) is 19.6 Å². The molecule has 0 bridgehead atoms. The van der Waals surface area contributed by atoms with Crippen LogP contribution in [0.5, 0.6) is 0 Å². The van der Waals surface area contributed by atoms with Gasteiger partial charge in [0.15, 0.2) is 10.8 Å². The number of nitrogens with one attached hydrogen (secondary N) is 1. The van der Waals surface area contributed by atoms with Crippen LogP contribution in [0, 0.1) is 13.8 Å². The molecule has 8 nitrogen and oxygen atoms in total. The summed E-state index contributed by atoms with van der Waals surface area (Å²) in [5, 5.41) is 11.7. The molecule has 0 saturated carbocycles. The van der Waals surface area contributed by atoms with Crippen LogP contribution in [-0.4, -0.2) is 57.0 Å². The average Bonchev–Trinajstić information content (AvgIpc) is 3.12. The van der Waals surface area contributed by atoms with Gasteiger partial charge in [-0.3, -0.25) is 9.20 Å². The first-order valence-corrected chi connectivity index (χ1v) is 10.5. The van der Waals surface area contributed by atoms with E-state index in [4.69, 9.17) is 4.74 Å². The number of fused-ring (bicyclic) bond motifs is 1. The van der Waals surface area contributed by atoms with Crippen LogP contribution in [-0.2, 0) is 9.53 Å². The molecule has 1 saturated heterocycles. The minimum Gasteiger partial charge on any atom is -0.378 e. The molecule has 152 valence electrons. The predicted molar refractivity (Wildman–Crippen MR) is 114 cm³/mol. The van der Waals surface area contributed by atoms with Crippen LogP contribution in [0.3, 0.4) is 0 Å². The second-order valence-corrected chi connectivity index (χ2v) is 8.32. The summed E-state index contributed by atoms with van der Waals surface area (Å²) in [5.74, 6) is 0.724. The van der Waals surface area contributed by atoms with E-state index in [0.29, 0.717) is 5.16 Å². The Morgan fingerprint density at radius 2 is 1.90 bits per heavy atom. The van der Waals surface area contributed by atoms with Crippen molar-refractivity contribution in [3.8, 4) is 0 Å². The first-order chi connectivity index (χ1) is 14.0. The minimum absolute atomic E-state index is 0.0800. The lowest BCUT2D eigenvalue weighted by atomic mass is 10.2. The second-order valence-electron chi connectivity index (χ2n) is 7.02. The molecule has 1 amide bonds. The predicted octanol–water partition coefficient (Wildman–Crippen LogP) is 2.70. The highest BCUT2D eigenvalue weighted by atomic mass is 32.2. The Morgan fingerprint density at radius 1 is 1.17 bits per heavy atom. The summed E-state index contributed by atoms with van der Waals surface area (Å²) in [6, 6.07) is 9.81. The van der Waals surface area contributed by atoms with E-state index in [9.17, 15) is 4.79 Å². The summed E-state index contributed by atoms with van der Waals surface area (Å²) in [6.45, 7) is 8.97. The van der Waals surface area contributed by atoms with Crippen LogP contribution in [0.15, 0.2) is 35.5 Å². The van der Waals surface area contributed by atoms with E-state index >= 15 is 0 Å². The van der Waals surface area contributed by atoms with Crippen LogP contribution in [0.2, 0.25) is 0 Å². The van der Waals surface area contributed by atoms with Crippen LogP contribution in [0.4, 0.5) is 11.4 Å². The molecule has 1 aliphatic rings. The first-order valence-electron chi connectivity index (χ1n) is 9.61. The molecular weight excluding hydrogens is 388 g/mol. The van der Waals surface area contributed by atoms with Gasteiger partial charge in [-0.1, -0.05) is 11.8 Å². The summed E-state index contributed by atoms with van der Waals surface area (Å²) in [6.07, 6.45) is 0. The second kappa shape index (κ2) is 8.38. The number of carbonyl (C=O) groups excluding carboxylic acids is 1. The largest absolute Gasteiger partial charge is 0.378 e. The Kier molecular flexibility index (Phi) is 5.68. The van der Waals surface area contributed by atoms with Gasteiger partial charge in [-0.25, -0.2) is 4.98 Å². The van der Waals surface area contributed by atoms with Crippen molar-refractivity contribution in [2.75, 3.05) is 36.5 Å². The number of hydrogen-bond donors (Lipinski definition) is 1. The lowest BCUT2D eigenvalue weighted by Gasteiger charge is -2.28. The summed E-state index contributed by atoms with van der Waals surface area (Å²) >= 11 is 1.37. The number of rotatable bonds is 5. The number of hydrogen-bond acceptors (Lipinski definition) is 7. The zero-order chi connectivity index (χ0) is 20.4. The SMILES string of the molecule is Cc1cc2nnc(SC(C)C(=O)Nc3ccc(N4CCOCC4)cc3)n2c(C)n1. The average molecular weight is 413 g/mol. The molecule has 1 atom stereocenters. The van der Waals surface area contributed by atoms with Crippen molar-refractivity contribution in [2.24, 2.45) is 0 Å². The van der Waals surface area contributed by atoms with Crippen LogP contribution in [0.1, 0.15) is 18.4 Å². The van der Waals surface area contributed by atoms with E-state index in [2.05, 4.69) is 25.4 Å². The van der Waals surface area contributed by atoms with Crippen molar-refractivity contribution in [3.63, 3.8) is 0 Å². The van der Waals surface area contributed by atoms with Gasteiger partial charge in [-0.2, -0.15) is 0 Å². The molecule has 2 aromatic heterocycles. The van der Waals surface area contributed by atoms with Crippen molar-refractivity contribution in [2.45, 2.75) is 31.2 Å². The zero-order valence-corrected chi connectivity index (χ0v) is 17.6. The lowest BCUT2D eigenvalue weighted by Crippen LogP contribution is -2.36. The smallest absolute Gasteiger partial charge is 0.237 e. The first kappa shape index (κ1) is 19.7. The normalized spacial score (nSPS) is 15.5. The van der Waals surface area contributed by atoms with Gasteiger partial charge in [-0.05, 0) is 45.0 Å². The molecule has 9 heteroatoms. The third-order valence-electron chi connectivity index (χ3n) is 4.82. The number of morpholine rings is 1. The molecule has 29 heavy (non-hydrogen) atoms. The third-order valence-corrected chi connectivity index (χ3v) is 5.86. The van der Waals surface area contributed by atoms with Gasteiger partial charge in [0.05, 0.1) is 18.5 Å². The van der Waals surface area contributed by atoms with Crippen molar-refractivity contribution < 1.29 is 9.53 Å². The van der Waals surface area contributed by atoms with Gasteiger partial charge < -0.3 is 15.0 Å². The molecule has 0 spiro atoms. The van der Waals surface area contributed by atoms with Gasteiger partial charge in [-0.15, -0.1) is 10.2 Å². The Labute approximate surface area is 173 Å². The van der Waals surface area contributed by atoms with Crippen LogP contribution >= 0.6 is 11.8 Å². The Hall–Kier alpha value is -2.65. The molecule has 0 aliphatic carbocycles. The highest BCUT2D eigenvalue weighted by Crippen LogP contribution is 2.25. The van der Waals surface area contributed by atoms with Crippen LogP contribution in [0.25, 0.3) is 5.65 Å². The minimum atomic E-state index is -0.331. The number of aromatic nitrogens is 4. The zero-order valence-electron chi connectivity index (χ0n) is 16.8. The molecule has 4 rings (SSSR count). The van der Waals surface area contributed by atoms with Gasteiger partial charge in [0, 0.05) is 36.2 Å². The molecule has 3 heterocycles. The van der Waals surface area contributed by atoms with Gasteiger partial charge in [0.25, 0.3) is 0 Å². The highest BCUT2D eigenvalue weighted by Gasteiger charge is 2.19. The third kappa shape index (κ3) is 4.35. The van der Waals surface area contributed by atoms with Crippen molar-refractivity contribution in [3.05, 3.63) is 41.9 Å². The fourth-order valence-electron chi connectivity index (χ4n) is 3.31. The van der Waals surface area contributed by atoms with E-state index in [1.165, 1.54) is 11.8 Å². The van der Waals surface area contributed by atoms with E-state index in [1.54, 1.807) is 0 Å². The standard InChI is InChI=1S/C20H24N6O2S/c1-13-12-18-23-24-20(26(18)15(3)21-13)29-14(2)19(27)22-16-4-6-17(7-5-16)25-8-10-28-11-9-25/h4-7,12,14H,8-11H2,1-3H3,(H,22,27). The Balaban J connectivity index is 1.41. The Bertz CT molecular complexity index is 1010. The van der Waals surface area contributed by atoms with E-state index in [-0.39, 0.29) is 11.2 Å². The van der Waals surface area contributed by atoms with Gasteiger partial charge in [0.1, 0.15) is 5.82 Å². The molecule has 1 N–H and O–H groups in total. The molecule has 1 aliphatic heterocycles. The molecule has 0 radical (unpaired) electrons. The lowest BCUT2D eigenvalue weighted by molar-refractivity contribution is -0.115. The highest BCUT2D eigenvalue weighted by molar-refractivity contribution is 8.00. The number of aryl methyl sites for hydroxylation is 2. The van der Waals surface area contributed by atoms with Crippen LogP contribution < -0.4 is 10.2 Å². The monoisotopic (exact) mass is 412 g/mol. The molecule has 1 fully saturated rings. The van der Waals surface area contributed by atoms with Crippen molar-refractivity contribution >= 4 is 34.7 Å². The number of amides is 1. The quantitative estimate of drug-likeness (QED) is 0.645. The fraction of sp³-hybridized carbons (Fsp3) is 0.400. The summed E-state index contributed by atoms with van der Waals surface area (Å²) in [7, 11) is 0. The summed E-state index contributed by atoms with van der Waals surface area (Å²) in [4.78, 5) is 19.4.